The van der Waals surface area contributed by atoms with E-state index in [0.29, 0.717) is 0 Å². The maximum Gasteiger partial charge on any atom is 4.00 e. The molecule has 0 N–H and O–H groups in total. The third-order valence-corrected chi connectivity index (χ3v) is 3.71. The molecule has 0 nitrogen and oxygen atoms in total. The van der Waals surface area contributed by atoms with E-state index in [2.05, 4.69) is 42.5 Å². The molecule has 2 aliphatic rings. The summed E-state index contributed by atoms with van der Waals surface area (Å²) in [5.41, 5.74) is 3.23. The first kappa shape index (κ1) is 20.8. The minimum atomic E-state index is 0. The molecular formula is C18H18Cl2Hf. The molecule has 0 fully saturated rings. The zero-order valence-electron chi connectivity index (χ0n) is 11.9. The molecule has 0 saturated carbocycles. The molecule has 4 rings (SSSR count). The molecule has 3 heteroatoms. The summed E-state index contributed by atoms with van der Waals surface area (Å²) in [4.78, 5) is 0. The Morgan fingerprint density at radius 3 is 2.43 bits per heavy atom. The summed E-state index contributed by atoms with van der Waals surface area (Å²) in [6, 6.07) is 11.2. The summed E-state index contributed by atoms with van der Waals surface area (Å²) in [5, 5.41) is 2.94. The quantitative estimate of drug-likeness (QED) is 0.325. The van der Waals surface area contributed by atoms with Gasteiger partial charge < -0.3 is 24.8 Å². The standard InChI is InChI=1S/C13H13.C5H5.2ClH.Hf/c1-3-7-12-10(5-1)9-11-6-2-4-8-13(11)12;1-2-4-5-3-1;;;/h1,3,5,7,9H,2,4,6,8H2;1-3H,4H2;2*1H;/q2*-1;;;+4/p-2. The molecular weight excluding hydrogens is 466 g/mol. The fourth-order valence-electron chi connectivity index (χ4n) is 2.82. The van der Waals surface area contributed by atoms with Crippen LogP contribution in [-0.2, 0) is 38.7 Å². The Labute approximate surface area is 158 Å². The summed E-state index contributed by atoms with van der Waals surface area (Å²) >= 11 is 0. The Kier molecular flexibility index (Phi) is 10.4. The first-order valence-electron chi connectivity index (χ1n) is 6.83. The van der Waals surface area contributed by atoms with Gasteiger partial charge in [-0.2, -0.15) is 11.6 Å². The molecule has 108 valence electrons. The minimum Gasteiger partial charge on any atom is -1.00 e. The molecule has 0 spiro atoms. The van der Waals surface area contributed by atoms with Crippen molar-refractivity contribution in [3.63, 3.8) is 0 Å². The van der Waals surface area contributed by atoms with Gasteiger partial charge in [-0.15, -0.1) is 47.0 Å². The molecule has 0 radical (unpaired) electrons. The van der Waals surface area contributed by atoms with Crippen LogP contribution < -0.4 is 24.8 Å². The van der Waals surface area contributed by atoms with Crippen molar-refractivity contribution < 1.29 is 50.7 Å². The van der Waals surface area contributed by atoms with Crippen molar-refractivity contribution in [2.45, 2.75) is 32.1 Å². The van der Waals surface area contributed by atoms with Crippen LogP contribution >= 0.6 is 0 Å². The second kappa shape index (κ2) is 10.5. The van der Waals surface area contributed by atoms with E-state index in [-0.39, 0.29) is 50.7 Å². The van der Waals surface area contributed by atoms with Crippen molar-refractivity contribution in [2.24, 2.45) is 0 Å². The number of hydrogen-bond donors (Lipinski definition) is 0. The van der Waals surface area contributed by atoms with E-state index in [4.69, 9.17) is 0 Å². The molecule has 0 bridgehead atoms. The third kappa shape index (κ3) is 5.16. The maximum atomic E-state index is 2.99. The second-order valence-electron chi connectivity index (χ2n) is 4.95. The molecule has 0 amide bonds. The third-order valence-electron chi connectivity index (χ3n) is 3.71. The van der Waals surface area contributed by atoms with Gasteiger partial charge in [-0.3, -0.25) is 6.08 Å². The summed E-state index contributed by atoms with van der Waals surface area (Å²) < 4.78 is 0. The van der Waals surface area contributed by atoms with Crippen LogP contribution in [-0.4, -0.2) is 0 Å². The molecule has 0 heterocycles. The van der Waals surface area contributed by atoms with Gasteiger partial charge in [0.2, 0.25) is 0 Å². The summed E-state index contributed by atoms with van der Waals surface area (Å²) in [6.07, 6.45) is 15.3. The molecule has 2 aromatic carbocycles. The monoisotopic (exact) mass is 484 g/mol. The van der Waals surface area contributed by atoms with Crippen LogP contribution in [0.15, 0.2) is 48.6 Å². The smallest absolute Gasteiger partial charge is 1.00 e. The van der Waals surface area contributed by atoms with Gasteiger partial charge in [-0.1, -0.05) is 25.3 Å². The number of halogens is 2. The summed E-state index contributed by atoms with van der Waals surface area (Å²) in [7, 11) is 0. The van der Waals surface area contributed by atoms with Gasteiger partial charge in [0.15, 0.2) is 0 Å². The van der Waals surface area contributed by atoms with Crippen molar-refractivity contribution in [3.8, 4) is 0 Å². The minimum absolute atomic E-state index is 0. The predicted octanol–water partition coefficient (Wildman–Crippen LogP) is -1.25. The van der Waals surface area contributed by atoms with Gasteiger partial charge in [0.05, 0.1) is 0 Å². The van der Waals surface area contributed by atoms with E-state index < -0.39 is 0 Å². The largest absolute Gasteiger partial charge is 4.00 e. The molecule has 2 aliphatic carbocycles. The van der Waals surface area contributed by atoms with Crippen LogP contribution in [0.25, 0.3) is 10.8 Å². The van der Waals surface area contributed by atoms with Crippen LogP contribution in [0.4, 0.5) is 0 Å². The van der Waals surface area contributed by atoms with Gasteiger partial charge in [-0.05, 0) is 6.42 Å². The predicted molar refractivity (Wildman–Crippen MR) is 77.8 cm³/mol. The molecule has 2 aromatic rings. The number of fused-ring (bicyclic) bond motifs is 3. The van der Waals surface area contributed by atoms with Crippen LogP contribution in [0.2, 0.25) is 0 Å². The number of hydrogen-bond acceptors (Lipinski definition) is 0. The van der Waals surface area contributed by atoms with Gasteiger partial charge >= 0.3 is 25.8 Å². The van der Waals surface area contributed by atoms with Gasteiger partial charge in [0, 0.05) is 0 Å². The van der Waals surface area contributed by atoms with Gasteiger partial charge in [-0.25, -0.2) is 12.2 Å². The van der Waals surface area contributed by atoms with Crippen molar-refractivity contribution in [1.82, 2.24) is 0 Å². The van der Waals surface area contributed by atoms with E-state index in [0.717, 1.165) is 6.42 Å². The van der Waals surface area contributed by atoms with E-state index in [1.807, 2.05) is 12.2 Å². The van der Waals surface area contributed by atoms with Gasteiger partial charge in [0.25, 0.3) is 0 Å². The zero-order valence-corrected chi connectivity index (χ0v) is 17.0. The Balaban J connectivity index is 0.000000437. The van der Waals surface area contributed by atoms with Crippen molar-refractivity contribution >= 4 is 10.8 Å². The Morgan fingerprint density at radius 2 is 1.76 bits per heavy atom. The van der Waals surface area contributed by atoms with Crippen molar-refractivity contribution in [3.05, 3.63) is 65.8 Å². The average Bonchev–Trinajstić information content (AvgIpc) is 3.10. The van der Waals surface area contributed by atoms with E-state index in [1.165, 1.54) is 36.5 Å². The van der Waals surface area contributed by atoms with Crippen LogP contribution in [0.1, 0.15) is 30.4 Å². The van der Waals surface area contributed by atoms with E-state index in [1.54, 1.807) is 11.1 Å². The zero-order chi connectivity index (χ0) is 12.2. The number of aryl methyl sites for hydroxylation is 2. The van der Waals surface area contributed by atoms with Crippen molar-refractivity contribution in [2.75, 3.05) is 0 Å². The first-order valence-corrected chi connectivity index (χ1v) is 6.83. The summed E-state index contributed by atoms with van der Waals surface area (Å²) in [5.74, 6) is 0. The van der Waals surface area contributed by atoms with Crippen LogP contribution in [0.5, 0.6) is 0 Å². The van der Waals surface area contributed by atoms with E-state index in [9.17, 15) is 0 Å². The van der Waals surface area contributed by atoms with Crippen LogP contribution in [0, 0.1) is 6.08 Å². The summed E-state index contributed by atoms with van der Waals surface area (Å²) in [6.45, 7) is 0. The Morgan fingerprint density at radius 1 is 1.00 bits per heavy atom. The molecule has 0 aliphatic heterocycles. The molecule has 0 saturated heterocycles. The second-order valence-corrected chi connectivity index (χ2v) is 4.95. The fraction of sp³-hybridized carbons (Fsp3) is 0.278. The maximum absolute atomic E-state index is 2.99. The number of benzene rings is 1. The molecule has 0 atom stereocenters. The normalized spacial score (nSPS) is 14.1. The fourth-order valence-corrected chi connectivity index (χ4v) is 2.82. The molecule has 0 unspecified atom stereocenters. The van der Waals surface area contributed by atoms with Crippen LogP contribution in [0.3, 0.4) is 0 Å². The number of rotatable bonds is 0. The Bertz CT molecular complexity index is 586. The van der Waals surface area contributed by atoms with E-state index >= 15 is 0 Å². The Hall–Kier alpha value is -0.240. The number of allylic oxidation sites excluding steroid dienone is 4. The SMILES string of the molecule is [C-]1=CC=CC1.[Cl-].[Cl-].[Hf+4].c1ccc2c3c([cH-]c2c1)CCCC3. The van der Waals surface area contributed by atoms with Crippen molar-refractivity contribution in [1.29, 1.82) is 0 Å². The molecule has 0 aromatic heterocycles. The topological polar surface area (TPSA) is 0 Å². The first-order chi connectivity index (χ1) is 8.95. The average molecular weight is 484 g/mol. The van der Waals surface area contributed by atoms with Gasteiger partial charge in [0.1, 0.15) is 0 Å². The molecule has 21 heavy (non-hydrogen) atoms.